The van der Waals surface area contributed by atoms with E-state index in [2.05, 4.69) is 6.92 Å². The summed E-state index contributed by atoms with van der Waals surface area (Å²) in [4.78, 5) is 11.2. The summed E-state index contributed by atoms with van der Waals surface area (Å²) in [7, 11) is 0. The third kappa shape index (κ3) is 2.92. The van der Waals surface area contributed by atoms with Crippen LogP contribution < -0.4 is 11.4 Å². The minimum Gasteiger partial charge on any atom is -0.423 e. The largest absolute Gasteiger partial charge is 0.423 e. The zero-order chi connectivity index (χ0) is 13.0. The molecule has 2 aromatic rings. The fraction of sp³-hybridized carbons (Fsp3) is 0.400. The second-order valence-electron chi connectivity index (χ2n) is 4.66. The summed E-state index contributed by atoms with van der Waals surface area (Å²) in [5.41, 5.74) is 7.76. The molecule has 0 aliphatic rings. The number of nitrogens with two attached hydrogens (primary N) is 1. The Morgan fingerprint density at radius 2 is 2.00 bits per heavy atom. The summed E-state index contributed by atoms with van der Waals surface area (Å²) in [5, 5.41) is 0.836. The molecule has 0 saturated carbocycles. The molecule has 96 valence electrons. The van der Waals surface area contributed by atoms with Crippen LogP contribution in [0.2, 0.25) is 0 Å². The number of benzene rings is 1. The Labute approximate surface area is 107 Å². The Kier molecular flexibility index (Phi) is 4.03. The molecule has 3 nitrogen and oxygen atoms in total. The Morgan fingerprint density at radius 1 is 1.17 bits per heavy atom. The van der Waals surface area contributed by atoms with Crippen molar-refractivity contribution in [2.24, 2.45) is 0 Å². The predicted octanol–water partition coefficient (Wildman–Crippen LogP) is 3.50. The lowest BCUT2D eigenvalue weighted by Gasteiger charge is -2.04. The monoisotopic (exact) mass is 245 g/mol. The average Bonchev–Trinajstić information content (AvgIpc) is 2.35. The van der Waals surface area contributed by atoms with Gasteiger partial charge in [0.2, 0.25) is 0 Å². The van der Waals surface area contributed by atoms with Gasteiger partial charge in [0, 0.05) is 17.1 Å². The molecule has 0 atom stereocenters. The van der Waals surface area contributed by atoms with Crippen molar-refractivity contribution < 1.29 is 4.42 Å². The van der Waals surface area contributed by atoms with Crippen LogP contribution in [0, 0.1) is 0 Å². The summed E-state index contributed by atoms with van der Waals surface area (Å²) in [6.45, 7) is 2.21. The minimum absolute atomic E-state index is 0.393. The van der Waals surface area contributed by atoms with E-state index < -0.39 is 5.63 Å². The molecule has 1 aromatic carbocycles. The van der Waals surface area contributed by atoms with E-state index in [1.54, 1.807) is 0 Å². The third-order valence-electron chi connectivity index (χ3n) is 3.16. The maximum atomic E-state index is 11.2. The topological polar surface area (TPSA) is 56.2 Å². The second-order valence-corrected chi connectivity index (χ2v) is 4.66. The van der Waals surface area contributed by atoms with Gasteiger partial charge in [0.1, 0.15) is 5.58 Å². The molecule has 1 heterocycles. The van der Waals surface area contributed by atoms with Crippen molar-refractivity contribution in [1.29, 1.82) is 0 Å². The Balaban J connectivity index is 2.19. The molecule has 0 amide bonds. The molecule has 0 unspecified atom stereocenters. The number of nitrogen functional groups attached to an aromatic ring is 1. The van der Waals surface area contributed by atoms with Crippen molar-refractivity contribution in [1.82, 2.24) is 0 Å². The van der Waals surface area contributed by atoms with Gasteiger partial charge in [-0.25, -0.2) is 4.79 Å². The summed E-state index contributed by atoms with van der Waals surface area (Å²) in [6.07, 6.45) is 6.03. The number of hydrogen-bond acceptors (Lipinski definition) is 3. The SMILES string of the molecule is CCCCCCc1ccc2oc(=O)cc(N)c2c1. The van der Waals surface area contributed by atoms with Gasteiger partial charge in [0.05, 0.1) is 0 Å². The first-order valence-corrected chi connectivity index (χ1v) is 6.53. The number of hydrogen-bond donors (Lipinski definition) is 1. The van der Waals surface area contributed by atoms with Gasteiger partial charge in [0.25, 0.3) is 0 Å². The lowest BCUT2D eigenvalue weighted by Crippen LogP contribution is -2.00. The van der Waals surface area contributed by atoms with Gasteiger partial charge in [-0.1, -0.05) is 32.3 Å². The summed E-state index contributed by atoms with van der Waals surface area (Å²) < 4.78 is 5.10. The molecule has 18 heavy (non-hydrogen) atoms. The normalized spacial score (nSPS) is 10.9. The maximum absolute atomic E-state index is 11.2. The minimum atomic E-state index is -0.393. The Hall–Kier alpha value is -1.77. The van der Waals surface area contributed by atoms with Gasteiger partial charge >= 0.3 is 5.63 Å². The molecule has 0 saturated heterocycles. The quantitative estimate of drug-likeness (QED) is 0.648. The number of fused-ring (bicyclic) bond motifs is 1. The highest BCUT2D eigenvalue weighted by Gasteiger charge is 2.03. The van der Waals surface area contributed by atoms with E-state index in [4.69, 9.17) is 10.2 Å². The zero-order valence-electron chi connectivity index (χ0n) is 10.7. The van der Waals surface area contributed by atoms with Gasteiger partial charge in [-0.15, -0.1) is 0 Å². The van der Waals surface area contributed by atoms with Gasteiger partial charge in [-0.05, 0) is 30.5 Å². The molecule has 0 bridgehead atoms. The van der Waals surface area contributed by atoms with Crippen LogP contribution in [-0.4, -0.2) is 0 Å². The van der Waals surface area contributed by atoms with E-state index in [1.165, 1.54) is 37.3 Å². The molecule has 0 fully saturated rings. The van der Waals surface area contributed by atoms with Crippen LogP contribution in [-0.2, 0) is 6.42 Å². The fourth-order valence-electron chi connectivity index (χ4n) is 2.15. The average molecular weight is 245 g/mol. The first kappa shape index (κ1) is 12.7. The molecular weight excluding hydrogens is 226 g/mol. The summed E-state index contributed by atoms with van der Waals surface area (Å²) >= 11 is 0. The van der Waals surface area contributed by atoms with Crippen LogP contribution in [0.1, 0.15) is 38.2 Å². The Bertz CT molecular complexity index is 587. The highest BCUT2D eigenvalue weighted by molar-refractivity contribution is 5.88. The van der Waals surface area contributed by atoms with Gasteiger partial charge in [0.15, 0.2) is 0 Å². The number of anilines is 1. The molecule has 2 N–H and O–H groups in total. The van der Waals surface area contributed by atoms with Crippen molar-refractivity contribution in [3.63, 3.8) is 0 Å². The second kappa shape index (κ2) is 5.71. The molecule has 3 heteroatoms. The van der Waals surface area contributed by atoms with Crippen molar-refractivity contribution in [3.05, 3.63) is 40.2 Å². The highest BCUT2D eigenvalue weighted by Crippen LogP contribution is 2.21. The van der Waals surface area contributed by atoms with Crippen molar-refractivity contribution in [2.75, 3.05) is 5.73 Å². The molecule has 2 rings (SSSR count). The van der Waals surface area contributed by atoms with Crippen LogP contribution >= 0.6 is 0 Å². The standard InChI is InChI=1S/C15H19NO2/c1-2-3-4-5-6-11-7-8-14-12(9-11)13(16)10-15(17)18-14/h7-10H,2-6,16H2,1H3. The highest BCUT2D eigenvalue weighted by atomic mass is 16.4. The fourth-order valence-corrected chi connectivity index (χ4v) is 2.15. The Morgan fingerprint density at radius 3 is 2.78 bits per heavy atom. The molecule has 0 spiro atoms. The van der Waals surface area contributed by atoms with Gasteiger partial charge in [-0.3, -0.25) is 0 Å². The smallest absolute Gasteiger partial charge is 0.338 e. The molecule has 0 aliphatic carbocycles. The van der Waals surface area contributed by atoms with E-state index >= 15 is 0 Å². The lowest BCUT2D eigenvalue weighted by molar-refractivity contribution is 0.561. The van der Waals surface area contributed by atoms with E-state index in [1.807, 2.05) is 18.2 Å². The van der Waals surface area contributed by atoms with Gasteiger partial charge in [-0.2, -0.15) is 0 Å². The summed E-state index contributed by atoms with van der Waals surface area (Å²) in [5.74, 6) is 0. The van der Waals surface area contributed by atoms with Crippen LogP contribution in [0.4, 0.5) is 5.69 Å². The van der Waals surface area contributed by atoms with Crippen molar-refractivity contribution >= 4 is 16.7 Å². The van der Waals surface area contributed by atoms with Crippen LogP contribution in [0.25, 0.3) is 11.0 Å². The maximum Gasteiger partial charge on any atom is 0.338 e. The van der Waals surface area contributed by atoms with Crippen LogP contribution in [0.5, 0.6) is 0 Å². The number of unbranched alkanes of at least 4 members (excludes halogenated alkanes) is 3. The van der Waals surface area contributed by atoms with E-state index in [0.717, 1.165) is 11.8 Å². The first-order valence-electron chi connectivity index (χ1n) is 6.53. The molecule has 1 aromatic heterocycles. The zero-order valence-corrected chi connectivity index (χ0v) is 10.7. The van der Waals surface area contributed by atoms with E-state index in [0.29, 0.717) is 11.3 Å². The lowest BCUT2D eigenvalue weighted by atomic mass is 10.0. The van der Waals surface area contributed by atoms with Crippen molar-refractivity contribution in [3.8, 4) is 0 Å². The van der Waals surface area contributed by atoms with Crippen LogP contribution in [0.15, 0.2) is 33.5 Å². The number of aryl methyl sites for hydroxylation is 1. The summed E-state index contributed by atoms with van der Waals surface area (Å²) in [6, 6.07) is 7.21. The van der Waals surface area contributed by atoms with Crippen LogP contribution in [0.3, 0.4) is 0 Å². The molecular formula is C15H19NO2. The number of rotatable bonds is 5. The predicted molar refractivity (Wildman–Crippen MR) is 74.7 cm³/mol. The van der Waals surface area contributed by atoms with Gasteiger partial charge < -0.3 is 10.2 Å². The first-order chi connectivity index (χ1) is 8.70. The molecule has 0 radical (unpaired) electrons. The van der Waals surface area contributed by atoms with E-state index in [9.17, 15) is 4.79 Å². The van der Waals surface area contributed by atoms with Crippen molar-refractivity contribution in [2.45, 2.75) is 39.0 Å². The third-order valence-corrected chi connectivity index (χ3v) is 3.16. The van der Waals surface area contributed by atoms with E-state index in [-0.39, 0.29) is 0 Å². The molecule has 0 aliphatic heterocycles.